The lowest BCUT2D eigenvalue weighted by molar-refractivity contribution is 0.846. The Labute approximate surface area is 148 Å². The maximum absolute atomic E-state index is 2.40. The quantitative estimate of drug-likeness (QED) is 0.449. The standard InChI is InChI=1S/C25H20/c1-17-7-9-19-15-22-21-10-8-18(2)14-23(21)25(11-5-3-4-6-12-25)24(22)16-20(19)13-17/h3-16H,1-2H3. The average Bonchev–Trinajstić information content (AvgIpc) is 2.77. The number of rotatable bonds is 0. The molecule has 0 unspecified atom stereocenters. The molecule has 0 saturated heterocycles. The monoisotopic (exact) mass is 320 g/mol. The molecule has 0 N–H and O–H groups in total. The zero-order chi connectivity index (χ0) is 17.0. The van der Waals surface area contributed by atoms with E-state index in [0.717, 1.165) is 0 Å². The summed E-state index contributed by atoms with van der Waals surface area (Å²) in [6, 6.07) is 18.4. The summed E-state index contributed by atoms with van der Waals surface area (Å²) in [5.41, 5.74) is 7.96. The smallest absolute Gasteiger partial charge is 0.0581 e. The Kier molecular flexibility index (Phi) is 2.93. The molecule has 0 nitrogen and oxygen atoms in total. The van der Waals surface area contributed by atoms with Crippen LogP contribution in [0.25, 0.3) is 21.9 Å². The van der Waals surface area contributed by atoms with E-state index in [2.05, 4.69) is 98.8 Å². The van der Waals surface area contributed by atoms with Gasteiger partial charge in [0.2, 0.25) is 0 Å². The average molecular weight is 320 g/mol. The second-order valence-electron chi connectivity index (χ2n) is 7.27. The number of benzene rings is 3. The van der Waals surface area contributed by atoms with Gasteiger partial charge < -0.3 is 0 Å². The molecule has 0 heteroatoms. The summed E-state index contributed by atoms with van der Waals surface area (Å²) in [5.74, 6) is 0. The molecule has 3 aromatic rings. The molecular weight excluding hydrogens is 300 g/mol. The highest BCUT2D eigenvalue weighted by atomic mass is 14.4. The van der Waals surface area contributed by atoms with E-state index in [-0.39, 0.29) is 5.41 Å². The fourth-order valence-corrected chi connectivity index (χ4v) is 4.32. The third kappa shape index (κ3) is 2.01. The Hall–Kier alpha value is -2.86. The first-order valence-corrected chi connectivity index (χ1v) is 8.87. The highest BCUT2D eigenvalue weighted by molar-refractivity contribution is 5.95. The molecule has 0 fully saturated rings. The molecular formula is C25H20. The van der Waals surface area contributed by atoms with Crippen molar-refractivity contribution in [3.05, 3.63) is 107 Å². The molecule has 2 aliphatic rings. The molecule has 2 aliphatic carbocycles. The molecule has 0 aromatic heterocycles. The Balaban J connectivity index is 1.92. The molecule has 0 heterocycles. The maximum atomic E-state index is 2.40. The van der Waals surface area contributed by atoms with Crippen molar-refractivity contribution in [2.75, 3.05) is 0 Å². The van der Waals surface area contributed by atoms with E-state index in [4.69, 9.17) is 0 Å². The first-order chi connectivity index (χ1) is 12.2. The molecule has 0 bridgehead atoms. The summed E-state index contributed by atoms with van der Waals surface area (Å²) in [4.78, 5) is 0. The molecule has 3 aromatic carbocycles. The van der Waals surface area contributed by atoms with Crippen LogP contribution in [0.1, 0.15) is 22.3 Å². The van der Waals surface area contributed by atoms with Crippen molar-refractivity contribution in [3.8, 4) is 11.1 Å². The minimum atomic E-state index is -0.169. The van der Waals surface area contributed by atoms with E-state index in [9.17, 15) is 0 Å². The van der Waals surface area contributed by atoms with Crippen molar-refractivity contribution < 1.29 is 0 Å². The van der Waals surface area contributed by atoms with Crippen LogP contribution in [0.15, 0.2) is 85.0 Å². The van der Waals surface area contributed by atoms with Gasteiger partial charge in [0.1, 0.15) is 0 Å². The number of hydrogen-bond acceptors (Lipinski definition) is 0. The van der Waals surface area contributed by atoms with Crippen molar-refractivity contribution in [2.24, 2.45) is 0 Å². The van der Waals surface area contributed by atoms with Gasteiger partial charge in [-0.1, -0.05) is 84.0 Å². The van der Waals surface area contributed by atoms with Gasteiger partial charge in [-0.3, -0.25) is 0 Å². The molecule has 120 valence electrons. The first-order valence-electron chi connectivity index (χ1n) is 8.87. The van der Waals surface area contributed by atoms with Gasteiger partial charge in [-0.05, 0) is 59.0 Å². The minimum Gasteiger partial charge on any atom is -0.0658 e. The van der Waals surface area contributed by atoms with Gasteiger partial charge >= 0.3 is 0 Å². The fraction of sp³-hybridized carbons (Fsp3) is 0.120. The van der Waals surface area contributed by atoms with Crippen LogP contribution in [0.2, 0.25) is 0 Å². The zero-order valence-electron chi connectivity index (χ0n) is 14.6. The predicted octanol–water partition coefficient (Wildman–Crippen LogP) is 6.41. The number of hydrogen-bond donors (Lipinski definition) is 0. The van der Waals surface area contributed by atoms with Crippen molar-refractivity contribution in [3.63, 3.8) is 0 Å². The lowest BCUT2D eigenvalue weighted by Gasteiger charge is -2.25. The normalized spacial score (nSPS) is 16.2. The molecule has 0 radical (unpaired) electrons. The van der Waals surface area contributed by atoms with Crippen LogP contribution in [-0.4, -0.2) is 0 Å². The van der Waals surface area contributed by atoms with E-state index in [1.165, 1.54) is 44.2 Å². The molecule has 25 heavy (non-hydrogen) atoms. The highest BCUT2D eigenvalue weighted by Crippen LogP contribution is 2.52. The third-order valence-corrected chi connectivity index (χ3v) is 5.54. The van der Waals surface area contributed by atoms with Gasteiger partial charge in [0.25, 0.3) is 0 Å². The van der Waals surface area contributed by atoms with Crippen LogP contribution < -0.4 is 0 Å². The van der Waals surface area contributed by atoms with Crippen molar-refractivity contribution in [1.82, 2.24) is 0 Å². The summed E-state index contributed by atoms with van der Waals surface area (Å²) < 4.78 is 0. The minimum absolute atomic E-state index is 0.169. The van der Waals surface area contributed by atoms with Gasteiger partial charge in [-0.15, -0.1) is 0 Å². The Bertz CT molecular complexity index is 1090. The molecule has 5 rings (SSSR count). The molecule has 0 aliphatic heterocycles. The lowest BCUT2D eigenvalue weighted by atomic mass is 9.77. The lowest BCUT2D eigenvalue weighted by Crippen LogP contribution is -2.19. The predicted molar refractivity (Wildman–Crippen MR) is 107 cm³/mol. The van der Waals surface area contributed by atoms with E-state index >= 15 is 0 Å². The van der Waals surface area contributed by atoms with E-state index in [1.807, 2.05) is 0 Å². The van der Waals surface area contributed by atoms with Crippen LogP contribution in [-0.2, 0) is 5.41 Å². The van der Waals surface area contributed by atoms with Gasteiger partial charge in [0, 0.05) is 0 Å². The van der Waals surface area contributed by atoms with Gasteiger partial charge in [0.15, 0.2) is 0 Å². The third-order valence-electron chi connectivity index (χ3n) is 5.54. The Morgan fingerprint density at radius 2 is 1.24 bits per heavy atom. The fourth-order valence-electron chi connectivity index (χ4n) is 4.32. The van der Waals surface area contributed by atoms with Crippen LogP contribution in [0.4, 0.5) is 0 Å². The van der Waals surface area contributed by atoms with Crippen molar-refractivity contribution in [1.29, 1.82) is 0 Å². The summed E-state index contributed by atoms with van der Waals surface area (Å²) in [7, 11) is 0. The second-order valence-corrected chi connectivity index (χ2v) is 7.27. The van der Waals surface area contributed by atoms with E-state index < -0.39 is 0 Å². The Morgan fingerprint density at radius 3 is 2.04 bits per heavy atom. The van der Waals surface area contributed by atoms with Crippen LogP contribution >= 0.6 is 0 Å². The Morgan fingerprint density at radius 1 is 0.560 bits per heavy atom. The molecule has 0 amide bonds. The van der Waals surface area contributed by atoms with E-state index in [0.29, 0.717) is 0 Å². The summed E-state index contributed by atoms with van der Waals surface area (Å²) >= 11 is 0. The van der Waals surface area contributed by atoms with Crippen molar-refractivity contribution >= 4 is 10.8 Å². The van der Waals surface area contributed by atoms with Gasteiger partial charge in [-0.25, -0.2) is 0 Å². The SMILES string of the molecule is Cc1ccc2c(c1)C1(C=CC=CC=C1)c1cc3cc(C)ccc3cc1-2. The largest absolute Gasteiger partial charge is 0.0658 e. The van der Waals surface area contributed by atoms with Crippen LogP contribution in [0.3, 0.4) is 0 Å². The molecule has 1 spiro atoms. The number of aryl methyl sites for hydroxylation is 2. The van der Waals surface area contributed by atoms with E-state index in [1.54, 1.807) is 0 Å². The van der Waals surface area contributed by atoms with Gasteiger partial charge in [-0.2, -0.15) is 0 Å². The summed E-state index contributed by atoms with van der Waals surface area (Å²) in [6.07, 6.45) is 13.3. The highest BCUT2D eigenvalue weighted by Gasteiger charge is 2.39. The van der Waals surface area contributed by atoms with Crippen LogP contribution in [0.5, 0.6) is 0 Å². The van der Waals surface area contributed by atoms with Crippen molar-refractivity contribution in [2.45, 2.75) is 19.3 Å². The zero-order valence-corrected chi connectivity index (χ0v) is 14.6. The molecule has 0 saturated carbocycles. The molecule has 0 atom stereocenters. The topological polar surface area (TPSA) is 0 Å². The van der Waals surface area contributed by atoms with Gasteiger partial charge in [0.05, 0.1) is 5.41 Å². The maximum Gasteiger partial charge on any atom is 0.0581 e. The number of allylic oxidation sites excluding steroid dienone is 6. The second kappa shape index (κ2) is 5.07. The number of fused-ring (bicyclic) bond motifs is 6. The summed E-state index contributed by atoms with van der Waals surface area (Å²) in [6.45, 7) is 4.34. The summed E-state index contributed by atoms with van der Waals surface area (Å²) in [5, 5.41) is 2.63. The van der Waals surface area contributed by atoms with Crippen LogP contribution in [0, 0.1) is 13.8 Å². The first kappa shape index (κ1) is 14.5.